The molecule has 0 aliphatic carbocycles. The van der Waals surface area contributed by atoms with Crippen LogP contribution in [0.5, 0.6) is 0 Å². The van der Waals surface area contributed by atoms with Crippen LogP contribution in [0.25, 0.3) is 0 Å². The first kappa shape index (κ1) is 18.4. The Morgan fingerprint density at radius 2 is 1.25 bits per heavy atom. The molecule has 24 heavy (non-hydrogen) atoms. The van der Waals surface area contributed by atoms with Crippen LogP contribution in [0, 0.1) is 22.7 Å². The smallest absolute Gasteiger partial charge is 0.134 e. The minimum Gasteiger partial charge on any atom is -0.245 e. The standard InChI is InChI=1S/C14H10N4S6/c15-3-1-7-19-11-12(20-8-2-4-16)24-14(23-11)13-21-9-10(22-13)18-6-5-17-9/h5-6H,1-2,7-8H2. The highest BCUT2D eigenvalue weighted by Crippen LogP contribution is 2.63. The summed E-state index contributed by atoms with van der Waals surface area (Å²) in [5, 5.41) is 19.4. The lowest BCUT2D eigenvalue weighted by atomic mass is 10.6. The topological polar surface area (TPSA) is 73.4 Å². The van der Waals surface area contributed by atoms with E-state index in [4.69, 9.17) is 10.5 Å². The van der Waals surface area contributed by atoms with E-state index >= 15 is 0 Å². The molecular weight excluding hydrogens is 417 g/mol. The Labute approximate surface area is 166 Å². The van der Waals surface area contributed by atoms with E-state index in [1.165, 1.54) is 16.9 Å². The predicted octanol–water partition coefficient (Wildman–Crippen LogP) is 5.70. The second-order valence-corrected chi connectivity index (χ2v) is 11.5. The molecule has 1 aromatic heterocycles. The number of nitriles is 2. The Bertz CT molecular complexity index is 715. The van der Waals surface area contributed by atoms with Gasteiger partial charge in [0.15, 0.2) is 0 Å². The molecular formula is C14H10N4S6. The van der Waals surface area contributed by atoms with Crippen LogP contribution in [-0.4, -0.2) is 21.5 Å². The third-order valence-electron chi connectivity index (χ3n) is 2.61. The van der Waals surface area contributed by atoms with Gasteiger partial charge in [0.25, 0.3) is 0 Å². The molecule has 2 aliphatic rings. The Balaban J connectivity index is 1.71. The SMILES string of the molecule is N#CCCSC1=C(SCCC#N)SC(=C2Sc3nccnc3S2)S1. The number of rotatable bonds is 6. The third kappa shape index (κ3) is 4.63. The zero-order valence-corrected chi connectivity index (χ0v) is 17.1. The molecule has 0 bridgehead atoms. The highest BCUT2D eigenvalue weighted by molar-refractivity contribution is 8.42. The summed E-state index contributed by atoms with van der Waals surface area (Å²) >= 11 is 10.3. The maximum atomic E-state index is 8.74. The van der Waals surface area contributed by atoms with Crippen molar-refractivity contribution in [3.8, 4) is 12.1 Å². The molecule has 10 heteroatoms. The zero-order valence-electron chi connectivity index (χ0n) is 12.2. The predicted molar refractivity (Wildman–Crippen MR) is 108 cm³/mol. The van der Waals surface area contributed by atoms with Crippen LogP contribution < -0.4 is 0 Å². The molecule has 0 saturated carbocycles. The molecule has 0 radical (unpaired) electrons. The Morgan fingerprint density at radius 1 is 0.792 bits per heavy atom. The van der Waals surface area contributed by atoms with Gasteiger partial charge in [-0.2, -0.15) is 10.5 Å². The normalized spacial score (nSPS) is 16.2. The maximum Gasteiger partial charge on any atom is 0.134 e. The first-order valence-corrected chi connectivity index (χ1v) is 12.1. The van der Waals surface area contributed by atoms with E-state index in [1.807, 2.05) is 0 Å². The van der Waals surface area contributed by atoms with Crippen LogP contribution in [-0.2, 0) is 0 Å². The molecule has 0 spiro atoms. The van der Waals surface area contributed by atoms with Crippen molar-refractivity contribution in [1.29, 1.82) is 10.5 Å². The van der Waals surface area contributed by atoms with Gasteiger partial charge in [-0.25, -0.2) is 9.97 Å². The number of hydrogen-bond donors (Lipinski definition) is 0. The molecule has 3 heterocycles. The van der Waals surface area contributed by atoms with Crippen molar-refractivity contribution < 1.29 is 0 Å². The molecule has 0 fully saturated rings. The summed E-state index contributed by atoms with van der Waals surface area (Å²) in [6.07, 6.45) is 4.54. The lowest BCUT2D eigenvalue weighted by molar-refractivity contribution is 0.930. The Hall–Kier alpha value is -0.360. The molecule has 0 atom stereocenters. The third-order valence-corrected chi connectivity index (χ3v) is 11.1. The van der Waals surface area contributed by atoms with Crippen LogP contribution in [0.3, 0.4) is 0 Å². The largest absolute Gasteiger partial charge is 0.245 e. The highest BCUT2D eigenvalue weighted by atomic mass is 32.3. The Morgan fingerprint density at radius 3 is 1.71 bits per heavy atom. The van der Waals surface area contributed by atoms with Gasteiger partial charge in [-0.15, -0.1) is 23.5 Å². The summed E-state index contributed by atoms with van der Waals surface area (Å²) in [6, 6.07) is 4.38. The molecule has 0 N–H and O–H groups in total. The Kier molecular flexibility index (Phi) is 7.20. The summed E-state index contributed by atoms with van der Waals surface area (Å²) in [6.45, 7) is 0. The summed E-state index contributed by atoms with van der Waals surface area (Å²) in [4.78, 5) is 8.74. The monoisotopic (exact) mass is 426 g/mol. The lowest BCUT2D eigenvalue weighted by Crippen LogP contribution is -1.79. The van der Waals surface area contributed by atoms with E-state index in [1.54, 1.807) is 83.0 Å². The van der Waals surface area contributed by atoms with Crippen molar-refractivity contribution in [2.75, 3.05) is 11.5 Å². The summed E-state index contributed by atoms with van der Waals surface area (Å²) < 4.78 is 4.97. The summed E-state index contributed by atoms with van der Waals surface area (Å²) in [5.41, 5.74) is 0. The molecule has 3 rings (SSSR count). The molecule has 0 unspecified atom stereocenters. The van der Waals surface area contributed by atoms with Crippen LogP contribution >= 0.6 is 70.6 Å². The van der Waals surface area contributed by atoms with Crippen molar-refractivity contribution in [3.63, 3.8) is 0 Å². The molecule has 4 nitrogen and oxygen atoms in total. The van der Waals surface area contributed by atoms with Gasteiger partial charge < -0.3 is 0 Å². The van der Waals surface area contributed by atoms with Gasteiger partial charge >= 0.3 is 0 Å². The van der Waals surface area contributed by atoms with Crippen LogP contribution in [0.1, 0.15) is 12.8 Å². The minimum atomic E-state index is 0.546. The maximum absolute atomic E-state index is 8.74. The van der Waals surface area contributed by atoms with Crippen molar-refractivity contribution in [1.82, 2.24) is 9.97 Å². The number of nitrogens with zero attached hydrogens (tertiary/aromatic N) is 4. The van der Waals surface area contributed by atoms with E-state index in [2.05, 4.69) is 22.1 Å². The van der Waals surface area contributed by atoms with E-state index in [0.717, 1.165) is 21.6 Å². The van der Waals surface area contributed by atoms with Crippen LogP contribution in [0.4, 0.5) is 0 Å². The fourth-order valence-corrected chi connectivity index (χ4v) is 9.88. The fraction of sp³-hybridized carbons (Fsp3) is 0.286. The molecule has 0 aromatic carbocycles. The zero-order chi connectivity index (χ0) is 16.8. The highest BCUT2D eigenvalue weighted by Gasteiger charge is 2.30. The molecule has 1 aromatic rings. The first-order valence-electron chi connectivity index (χ1n) is 6.82. The lowest BCUT2D eigenvalue weighted by Gasteiger charge is -2.01. The van der Waals surface area contributed by atoms with Gasteiger partial charge in [0.1, 0.15) is 10.1 Å². The van der Waals surface area contributed by atoms with Gasteiger partial charge in [-0.1, -0.05) is 47.0 Å². The quantitative estimate of drug-likeness (QED) is 0.529. The van der Waals surface area contributed by atoms with Gasteiger partial charge in [0.2, 0.25) is 0 Å². The number of fused-ring (bicyclic) bond motifs is 1. The van der Waals surface area contributed by atoms with Gasteiger partial charge in [0, 0.05) is 36.7 Å². The van der Waals surface area contributed by atoms with Crippen molar-refractivity contribution >= 4 is 70.6 Å². The van der Waals surface area contributed by atoms with Gasteiger partial charge in [-0.3, -0.25) is 0 Å². The van der Waals surface area contributed by atoms with Gasteiger partial charge in [0.05, 0.1) is 29.1 Å². The average Bonchev–Trinajstić information content (AvgIpc) is 3.19. The number of aromatic nitrogens is 2. The molecule has 0 amide bonds. The first-order chi connectivity index (χ1) is 11.8. The van der Waals surface area contributed by atoms with Crippen LogP contribution in [0.15, 0.2) is 39.4 Å². The van der Waals surface area contributed by atoms with Crippen LogP contribution in [0.2, 0.25) is 0 Å². The second kappa shape index (κ2) is 9.37. The molecule has 0 saturated heterocycles. The number of thioether (sulfide) groups is 6. The van der Waals surface area contributed by atoms with Crippen molar-refractivity contribution in [2.24, 2.45) is 0 Å². The summed E-state index contributed by atoms with van der Waals surface area (Å²) in [7, 11) is 0. The molecule has 2 aliphatic heterocycles. The minimum absolute atomic E-state index is 0.546. The fourth-order valence-electron chi connectivity index (χ4n) is 1.64. The van der Waals surface area contributed by atoms with Crippen molar-refractivity contribution in [2.45, 2.75) is 22.9 Å². The van der Waals surface area contributed by atoms with E-state index in [-0.39, 0.29) is 0 Å². The average molecular weight is 427 g/mol. The number of hydrogen-bond acceptors (Lipinski definition) is 10. The van der Waals surface area contributed by atoms with E-state index in [9.17, 15) is 0 Å². The second-order valence-electron chi connectivity index (χ2n) is 4.24. The van der Waals surface area contributed by atoms with E-state index < -0.39 is 0 Å². The van der Waals surface area contributed by atoms with Crippen molar-refractivity contribution in [3.05, 3.63) is 29.3 Å². The van der Waals surface area contributed by atoms with Gasteiger partial charge in [-0.05, 0) is 0 Å². The summed E-state index contributed by atoms with van der Waals surface area (Å²) in [5.74, 6) is 1.60. The van der Waals surface area contributed by atoms with E-state index in [0.29, 0.717) is 12.8 Å². The molecule has 122 valence electrons.